The Morgan fingerprint density at radius 3 is 2.21 bits per heavy atom. The third-order valence-electron chi connectivity index (χ3n) is 4.72. The number of carbonyl (C=O) groups is 1. The second kappa shape index (κ2) is 9.15. The van der Waals surface area contributed by atoms with E-state index in [9.17, 15) is 41.3 Å². The summed E-state index contributed by atoms with van der Waals surface area (Å²) >= 11 is 0. The van der Waals surface area contributed by atoms with Gasteiger partial charge in [-0.1, -0.05) is 12.1 Å². The van der Waals surface area contributed by atoms with E-state index >= 15 is 0 Å². The molecule has 0 aliphatic rings. The lowest BCUT2D eigenvalue weighted by molar-refractivity contribution is -0.383. The summed E-state index contributed by atoms with van der Waals surface area (Å²) in [4.78, 5) is 26.6. The van der Waals surface area contributed by atoms with Gasteiger partial charge in [-0.05, 0) is 30.7 Å². The number of pyridine rings is 1. The molecular formula is C21H15F6N3O4. The van der Waals surface area contributed by atoms with E-state index < -0.39 is 45.6 Å². The molecular weight excluding hydrogens is 472 g/mol. The molecule has 0 spiro atoms. The highest BCUT2D eigenvalue weighted by Gasteiger charge is 2.35. The molecule has 0 atom stereocenters. The molecule has 0 unspecified atom stereocenters. The molecule has 34 heavy (non-hydrogen) atoms. The smallest absolute Gasteiger partial charge is 0.416 e. The third-order valence-corrected chi connectivity index (χ3v) is 4.72. The molecule has 3 aromatic rings. The van der Waals surface area contributed by atoms with Crippen molar-refractivity contribution in [3.05, 3.63) is 75.0 Å². The van der Waals surface area contributed by atoms with Crippen LogP contribution < -0.4 is 5.32 Å². The quantitative estimate of drug-likeness (QED) is 0.199. The van der Waals surface area contributed by atoms with E-state index in [4.69, 9.17) is 4.74 Å². The van der Waals surface area contributed by atoms with E-state index in [2.05, 4.69) is 10.3 Å². The number of ether oxygens (including phenoxy) is 1. The standard InChI is InChI=1S/C21H15F6N3O4/c1-2-34-19(31)15-10-29-18-14(7-13(21(25,26)27)8-16(18)30(32)33)17(15)28-9-11-3-5-12(6-4-11)20(22,23)24/h3-8,10H,2,9H2,1H3,(H,28,29). The van der Waals surface area contributed by atoms with E-state index in [1.807, 2.05) is 0 Å². The molecule has 1 heterocycles. The van der Waals surface area contributed by atoms with Crippen LogP contribution in [0.15, 0.2) is 42.6 Å². The number of rotatable bonds is 6. The first-order valence-electron chi connectivity index (χ1n) is 9.58. The van der Waals surface area contributed by atoms with Crippen molar-refractivity contribution in [2.45, 2.75) is 25.8 Å². The first kappa shape index (κ1) is 24.7. The van der Waals surface area contributed by atoms with Crippen LogP contribution in [0.5, 0.6) is 0 Å². The van der Waals surface area contributed by atoms with Crippen LogP contribution >= 0.6 is 0 Å². The molecule has 0 bridgehead atoms. The Morgan fingerprint density at radius 1 is 1.06 bits per heavy atom. The molecule has 180 valence electrons. The number of hydrogen-bond acceptors (Lipinski definition) is 6. The van der Waals surface area contributed by atoms with Gasteiger partial charge in [0.1, 0.15) is 11.1 Å². The Labute approximate surface area is 187 Å². The first-order chi connectivity index (χ1) is 15.8. The molecule has 0 aliphatic carbocycles. The average molecular weight is 487 g/mol. The molecule has 1 N–H and O–H groups in total. The topological polar surface area (TPSA) is 94.4 Å². The molecule has 3 rings (SSSR count). The summed E-state index contributed by atoms with van der Waals surface area (Å²) in [5.74, 6) is -0.952. The number of alkyl halides is 6. The van der Waals surface area contributed by atoms with Crippen LogP contribution in [0.1, 0.15) is 34.0 Å². The number of fused-ring (bicyclic) bond motifs is 1. The Balaban J connectivity index is 2.15. The number of non-ortho nitro benzene ring substituents is 1. The van der Waals surface area contributed by atoms with Crippen molar-refractivity contribution in [3.63, 3.8) is 0 Å². The van der Waals surface area contributed by atoms with Gasteiger partial charge >= 0.3 is 18.3 Å². The number of halogens is 6. The number of nitro benzene ring substituents is 1. The molecule has 13 heteroatoms. The van der Waals surface area contributed by atoms with Gasteiger partial charge in [-0.3, -0.25) is 10.1 Å². The van der Waals surface area contributed by atoms with Gasteiger partial charge in [-0.25, -0.2) is 9.78 Å². The fourth-order valence-corrected chi connectivity index (χ4v) is 3.14. The number of benzene rings is 2. The third kappa shape index (κ3) is 5.18. The predicted molar refractivity (Wildman–Crippen MR) is 108 cm³/mol. The van der Waals surface area contributed by atoms with E-state index in [0.717, 1.165) is 30.5 Å². The van der Waals surface area contributed by atoms with Crippen molar-refractivity contribution in [1.29, 1.82) is 0 Å². The normalized spacial score (nSPS) is 12.0. The zero-order valence-electron chi connectivity index (χ0n) is 17.3. The van der Waals surface area contributed by atoms with Crippen LogP contribution in [-0.4, -0.2) is 22.5 Å². The van der Waals surface area contributed by atoms with Crippen molar-refractivity contribution >= 4 is 28.2 Å². The molecule has 0 saturated carbocycles. The van der Waals surface area contributed by atoms with Crippen LogP contribution in [0.4, 0.5) is 37.7 Å². The summed E-state index contributed by atoms with van der Waals surface area (Å²) in [5.41, 5.74) is -3.82. The summed E-state index contributed by atoms with van der Waals surface area (Å²) in [5, 5.41) is 13.7. The molecule has 0 saturated heterocycles. The molecule has 2 aromatic carbocycles. The van der Waals surface area contributed by atoms with Crippen molar-refractivity contribution in [2.24, 2.45) is 0 Å². The summed E-state index contributed by atoms with van der Waals surface area (Å²) in [6, 6.07) is 4.87. The lowest BCUT2D eigenvalue weighted by atomic mass is 10.0. The summed E-state index contributed by atoms with van der Waals surface area (Å²) in [6.45, 7) is 1.21. The minimum atomic E-state index is -4.94. The van der Waals surface area contributed by atoms with Crippen molar-refractivity contribution in [1.82, 2.24) is 4.98 Å². The Kier molecular flexibility index (Phi) is 6.66. The maximum atomic E-state index is 13.4. The maximum absolute atomic E-state index is 13.4. The zero-order chi connectivity index (χ0) is 25.3. The number of nitrogens with one attached hydrogen (secondary N) is 1. The molecule has 0 fully saturated rings. The second-order valence-electron chi connectivity index (χ2n) is 6.96. The van der Waals surface area contributed by atoms with Crippen molar-refractivity contribution in [3.8, 4) is 0 Å². The molecule has 1 aromatic heterocycles. The van der Waals surface area contributed by atoms with Crippen molar-refractivity contribution in [2.75, 3.05) is 11.9 Å². The van der Waals surface area contributed by atoms with Crippen LogP contribution in [-0.2, 0) is 23.6 Å². The minimum absolute atomic E-state index is 0.0715. The van der Waals surface area contributed by atoms with E-state index in [1.54, 1.807) is 0 Å². The fraction of sp³-hybridized carbons (Fsp3) is 0.238. The van der Waals surface area contributed by atoms with Crippen LogP contribution in [0.25, 0.3) is 10.9 Å². The summed E-state index contributed by atoms with van der Waals surface area (Å²) < 4.78 is 83.5. The van der Waals surface area contributed by atoms with Gasteiger partial charge in [-0.15, -0.1) is 0 Å². The van der Waals surface area contributed by atoms with Crippen LogP contribution in [0, 0.1) is 10.1 Å². The molecule has 0 aliphatic heterocycles. The van der Waals surface area contributed by atoms with E-state index in [-0.39, 0.29) is 29.8 Å². The minimum Gasteiger partial charge on any atom is -0.462 e. The lowest BCUT2D eigenvalue weighted by Gasteiger charge is -2.16. The highest BCUT2D eigenvalue weighted by molar-refractivity contribution is 6.07. The Morgan fingerprint density at radius 2 is 1.68 bits per heavy atom. The maximum Gasteiger partial charge on any atom is 0.416 e. The molecule has 0 radical (unpaired) electrons. The van der Waals surface area contributed by atoms with E-state index in [0.29, 0.717) is 17.7 Å². The number of hydrogen-bond donors (Lipinski definition) is 1. The van der Waals surface area contributed by atoms with E-state index in [1.165, 1.54) is 6.92 Å². The van der Waals surface area contributed by atoms with Gasteiger partial charge in [0.15, 0.2) is 0 Å². The highest BCUT2D eigenvalue weighted by Crippen LogP contribution is 2.39. The van der Waals surface area contributed by atoms with Gasteiger partial charge in [0.2, 0.25) is 0 Å². The van der Waals surface area contributed by atoms with Gasteiger partial charge in [-0.2, -0.15) is 26.3 Å². The van der Waals surface area contributed by atoms with Crippen LogP contribution in [0.2, 0.25) is 0 Å². The number of carbonyl (C=O) groups excluding carboxylic acids is 1. The summed E-state index contributed by atoms with van der Waals surface area (Å²) in [7, 11) is 0. The second-order valence-corrected chi connectivity index (χ2v) is 6.96. The largest absolute Gasteiger partial charge is 0.462 e. The number of nitro groups is 1. The Bertz CT molecular complexity index is 1240. The van der Waals surface area contributed by atoms with Gasteiger partial charge in [0, 0.05) is 24.2 Å². The first-order valence-corrected chi connectivity index (χ1v) is 9.58. The monoisotopic (exact) mass is 487 g/mol. The van der Waals surface area contributed by atoms with Crippen molar-refractivity contribution < 1.29 is 40.8 Å². The van der Waals surface area contributed by atoms with Gasteiger partial charge < -0.3 is 10.1 Å². The predicted octanol–water partition coefficient (Wildman–Crippen LogP) is 5.97. The zero-order valence-corrected chi connectivity index (χ0v) is 17.3. The molecule has 7 nitrogen and oxygen atoms in total. The van der Waals surface area contributed by atoms with Crippen LogP contribution in [0.3, 0.4) is 0 Å². The average Bonchev–Trinajstić information content (AvgIpc) is 2.75. The number of aromatic nitrogens is 1. The number of nitrogens with zero attached hydrogens (tertiary/aromatic N) is 2. The summed E-state index contributed by atoms with van der Waals surface area (Å²) in [6.07, 6.45) is -8.57. The lowest BCUT2D eigenvalue weighted by Crippen LogP contribution is -2.13. The fourth-order valence-electron chi connectivity index (χ4n) is 3.14. The highest BCUT2D eigenvalue weighted by atomic mass is 19.4. The molecule has 0 amide bonds. The number of anilines is 1. The van der Waals surface area contributed by atoms with Gasteiger partial charge in [0.25, 0.3) is 5.69 Å². The van der Waals surface area contributed by atoms with Gasteiger partial charge in [0.05, 0.1) is 28.3 Å². The number of esters is 1. The SMILES string of the molecule is CCOC(=O)c1cnc2c([N+](=O)[O-])cc(C(F)(F)F)cc2c1NCc1ccc(C(F)(F)F)cc1. The Hall–Kier alpha value is -3.90.